The number of nitro benzene ring substituents is 1. The van der Waals surface area contributed by atoms with Gasteiger partial charge < -0.3 is 9.66 Å². The van der Waals surface area contributed by atoms with Crippen LogP contribution in [0.25, 0.3) is 21.5 Å². The number of aromatic hydroxyl groups is 1. The van der Waals surface area contributed by atoms with E-state index in [0.29, 0.717) is 5.69 Å². The minimum Gasteiger partial charge on any atom is -0.744 e. The zero-order valence-corrected chi connectivity index (χ0v) is 18.9. The summed E-state index contributed by atoms with van der Waals surface area (Å²) in [6.45, 7) is 0. The van der Waals surface area contributed by atoms with E-state index in [1.54, 1.807) is 12.1 Å². The normalized spacial score (nSPS) is 11.6. The number of phenols is 1. The van der Waals surface area contributed by atoms with Gasteiger partial charge in [0.15, 0.2) is 0 Å². The second-order valence-corrected chi connectivity index (χ2v) is 7.76. The van der Waals surface area contributed by atoms with Gasteiger partial charge in [-0.05, 0) is 29.0 Å². The van der Waals surface area contributed by atoms with Gasteiger partial charge in [-0.1, -0.05) is 30.3 Å². The molecule has 9 nitrogen and oxygen atoms in total. The third-order valence-corrected chi connectivity index (χ3v) is 5.39. The topological polar surface area (TPSA) is 145 Å². The summed E-state index contributed by atoms with van der Waals surface area (Å²) >= 11 is 0. The molecule has 11 heteroatoms. The maximum absolute atomic E-state index is 11.6. The molecule has 31 heavy (non-hydrogen) atoms. The zero-order chi connectivity index (χ0) is 21.5. The van der Waals surface area contributed by atoms with Crippen molar-refractivity contribution in [3.8, 4) is 5.75 Å². The van der Waals surface area contributed by atoms with E-state index in [0.717, 1.165) is 29.0 Å². The number of fused-ring (bicyclic) bond motifs is 2. The van der Waals surface area contributed by atoms with Crippen LogP contribution in [0.15, 0.2) is 81.9 Å². The number of nitro groups is 1. The van der Waals surface area contributed by atoms with Gasteiger partial charge >= 0.3 is 29.6 Å². The fourth-order valence-electron chi connectivity index (χ4n) is 3.12. The monoisotopic (exact) mass is 445 g/mol. The molecule has 0 aliphatic heterocycles. The van der Waals surface area contributed by atoms with Crippen LogP contribution in [0.4, 0.5) is 17.1 Å². The fourth-order valence-corrected chi connectivity index (χ4v) is 3.82. The van der Waals surface area contributed by atoms with Gasteiger partial charge in [0.1, 0.15) is 21.6 Å². The van der Waals surface area contributed by atoms with Gasteiger partial charge in [-0.2, -0.15) is 5.11 Å². The number of hydrogen-bond acceptors (Lipinski definition) is 8. The molecule has 0 aromatic heterocycles. The van der Waals surface area contributed by atoms with Crippen LogP contribution in [0.2, 0.25) is 0 Å². The number of phenolic OH excluding ortho intramolecular Hbond substituents is 1. The third-order valence-electron chi connectivity index (χ3n) is 4.51. The van der Waals surface area contributed by atoms with Crippen LogP contribution in [0.1, 0.15) is 0 Å². The molecule has 1 N–H and O–H groups in total. The number of azo groups is 1. The number of non-ortho nitro benzene ring substituents is 1. The standard InChI is InChI=1S/C20H13N3O6S.Na/c24-18-11-19(30(27,28)29)17-10-15(23(25)26)7-8-16(17)20(18)22-21-14-6-5-12-3-1-2-4-13(12)9-14;/h1-11,24H,(H,27,28,29);/q;+1/p-1. The molecule has 0 fully saturated rings. The first-order valence-corrected chi connectivity index (χ1v) is 9.95. The van der Waals surface area contributed by atoms with Gasteiger partial charge in [0.05, 0.1) is 15.5 Å². The van der Waals surface area contributed by atoms with Crippen LogP contribution in [-0.4, -0.2) is 23.0 Å². The van der Waals surface area contributed by atoms with Crippen LogP contribution in [-0.2, 0) is 10.1 Å². The zero-order valence-electron chi connectivity index (χ0n) is 16.1. The number of rotatable bonds is 4. The second kappa shape index (κ2) is 8.69. The minimum absolute atomic E-state index is 0. The van der Waals surface area contributed by atoms with Gasteiger partial charge in [0, 0.05) is 29.0 Å². The van der Waals surface area contributed by atoms with Crippen LogP contribution < -0.4 is 29.6 Å². The largest absolute Gasteiger partial charge is 1.00 e. The minimum atomic E-state index is -5.01. The van der Waals surface area contributed by atoms with Gasteiger partial charge in [-0.25, -0.2) is 8.42 Å². The smallest absolute Gasteiger partial charge is 0.744 e. The van der Waals surface area contributed by atoms with Crippen molar-refractivity contribution in [3.05, 3.63) is 76.8 Å². The predicted molar refractivity (Wildman–Crippen MR) is 108 cm³/mol. The Morgan fingerprint density at radius 3 is 2.26 bits per heavy atom. The molecule has 0 radical (unpaired) electrons. The molecule has 0 saturated heterocycles. The molecule has 0 amide bonds. The van der Waals surface area contributed by atoms with Crippen LogP contribution >= 0.6 is 0 Å². The Kier molecular flexibility index (Phi) is 6.39. The number of hydrogen-bond donors (Lipinski definition) is 1. The average Bonchev–Trinajstić information content (AvgIpc) is 2.71. The summed E-state index contributed by atoms with van der Waals surface area (Å²) in [7, 11) is -5.01. The molecule has 0 spiro atoms. The van der Waals surface area contributed by atoms with Crippen molar-refractivity contribution in [2.24, 2.45) is 10.2 Å². The first-order chi connectivity index (χ1) is 14.2. The Balaban J connectivity index is 0.00000272. The van der Waals surface area contributed by atoms with Crippen molar-refractivity contribution < 1.29 is 52.6 Å². The number of nitrogens with zero attached hydrogens (tertiary/aromatic N) is 3. The Bertz CT molecular complexity index is 1470. The molecule has 4 aromatic carbocycles. The SMILES string of the molecule is O=[N+]([O-])c1ccc2c(N=Nc3ccc4ccccc4c3)c(O)cc(S(=O)(=O)[O-])c2c1.[Na+]. The Morgan fingerprint density at radius 1 is 0.871 bits per heavy atom. The van der Waals surface area contributed by atoms with Crippen molar-refractivity contribution in [2.45, 2.75) is 4.90 Å². The van der Waals surface area contributed by atoms with Crippen molar-refractivity contribution in [2.75, 3.05) is 0 Å². The quantitative estimate of drug-likeness (QED) is 0.167. The van der Waals surface area contributed by atoms with Gasteiger partial charge in [0.25, 0.3) is 5.69 Å². The van der Waals surface area contributed by atoms with E-state index in [2.05, 4.69) is 10.2 Å². The van der Waals surface area contributed by atoms with Crippen molar-refractivity contribution in [1.29, 1.82) is 0 Å². The fraction of sp³-hybridized carbons (Fsp3) is 0. The molecule has 0 bridgehead atoms. The molecular weight excluding hydrogens is 433 g/mol. The summed E-state index contributed by atoms with van der Waals surface area (Å²) in [5, 5.41) is 31.2. The van der Waals surface area contributed by atoms with Crippen LogP contribution in [0.3, 0.4) is 0 Å². The summed E-state index contributed by atoms with van der Waals surface area (Å²) in [5.41, 5.74) is -0.0420. The molecule has 4 rings (SSSR count). The average molecular weight is 445 g/mol. The molecule has 4 aromatic rings. The second-order valence-electron chi connectivity index (χ2n) is 6.42. The van der Waals surface area contributed by atoms with Gasteiger partial charge in [-0.15, -0.1) is 5.11 Å². The third kappa shape index (κ3) is 4.58. The van der Waals surface area contributed by atoms with Crippen molar-refractivity contribution in [1.82, 2.24) is 0 Å². The first kappa shape index (κ1) is 22.8. The Morgan fingerprint density at radius 2 is 1.58 bits per heavy atom. The van der Waals surface area contributed by atoms with Crippen molar-refractivity contribution in [3.63, 3.8) is 0 Å². The molecular formula is C20H12N3NaO6S. The maximum Gasteiger partial charge on any atom is 1.00 e. The first-order valence-electron chi connectivity index (χ1n) is 8.54. The van der Waals surface area contributed by atoms with Gasteiger partial charge in [-0.3, -0.25) is 10.1 Å². The van der Waals surface area contributed by atoms with Gasteiger partial charge in [0.2, 0.25) is 0 Å². The summed E-state index contributed by atoms with van der Waals surface area (Å²) in [5.74, 6) is -0.588. The molecule has 0 aliphatic carbocycles. The number of benzene rings is 4. The molecule has 0 saturated carbocycles. The van der Waals surface area contributed by atoms with E-state index >= 15 is 0 Å². The van der Waals surface area contributed by atoms with E-state index in [1.165, 1.54) is 6.07 Å². The predicted octanol–water partition coefficient (Wildman–Crippen LogP) is 1.93. The summed E-state index contributed by atoms with van der Waals surface area (Å²) in [6, 6.07) is 17.0. The molecule has 0 atom stereocenters. The molecule has 0 unspecified atom stereocenters. The molecule has 150 valence electrons. The Labute approximate surface area is 198 Å². The van der Waals surface area contributed by atoms with Crippen molar-refractivity contribution >= 4 is 48.7 Å². The van der Waals surface area contributed by atoms with E-state index < -0.39 is 31.4 Å². The van der Waals surface area contributed by atoms with E-state index in [-0.39, 0.29) is 46.0 Å². The van der Waals surface area contributed by atoms with Crippen LogP contribution in [0, 0.1) is 10.1 Å². The van der Waals surface area contributed by atoms with Crippen LogP contribution in [0.5, 0.6) is 5.75 Å². The van der Waals surface area contributed by atoms with E-state index in [1.807, 2.05) is 30.3 Å². The summed E-state index contributed by atoms with van der Waals surface area (Å²) in [6.07, 6.45) is 0. The summed E-state index contributed by atoms with van der Waals surface area (Å²) < 4.78 is 34.8. The van der Waals surface area contributed by atoms with E-state index in [9.17, 15) is 28.2 Å². The molecule has 0 aliphatic rings. The van der Waals surface area contributed by atoms with E-state index in [4.69, 9.17) is 0 Å². The summed E-state index contributed by atoms with van der Waals surface area (Å²) in [4.78, 5) is 9.57. The molecule has 0 heterocycles. The maximum atomic E-state index is 11.6. The Hall–Kier alpha value is -2.89.